The van der Waals surface area contributed by atoms with E-state index in [4.69, 9.17) is 4.18 Å². The molecule has 1 atom stereocenters. The molecule has 0 spiro atoms. The van der Waals surface area contributed by atoms with Gasteiger partial charge in [-0.05, 0) is 12.5 Å². The average Bonchev–Trinajstić information content (AvgIpc) is 2.24. The van der Waals surface area contributed by atoms with E-state index in [1.807, 2.05) is 49.4 Å². The van der Waals surface area contributed by atoms with Crippen LogP contribution in [-0.4, -0.2) is 21.3 Å². The third-order valence-electron chi connectivity index (χ3n) is 2.11. The number of benzene rings is 1. The van der Waals surface area contributed by atoms with Crippen molar-refractivity contribution in [3.63, 3.8) is 0 Å². The molecule has 0 bridgehead atoms. The first-order chi connectivity index (χ1) is 7.53. The van der Waals surface area contributed by atoms with Crippen LogP contribution in [0.5, 0.6) is 0 Å². The highest BCUT2D eigenvalue weighted by molar-refractivity contribution is 7.85. The van der Waals surface area contributed by atoms with E-state index < -0.39 is 10.1 Å². The molecule has 16 heavy (non-hydrogen) atoms. The van der Waals surface area contributed by atoms with Gasteiger partial charge in [-0.25, -0.2) is 0 Å². The summed E-state index contributed by atoms with van der Waals surface area (Å²) in [6, 6.07) is 9.68. The van der Waals surface area contributed by atoms with Gasteiger partial charge in [0.15, 0.2) is 0 Å². The molecule has 0 saturated carbocycles. The van der Waals surface area contributed by atoms with Crippen molar-refractivity contribution in [2.45, 2.75) is 12.8 Å². The second-order valence-electron chi connectivity index (χ2n) is 3.53. The number of rotatable bonds is 5. The van der Waals surface area contributed by atoms with Crippen LogP contribution in [0.15, 0.2) is 42.5 Å². The van der Waals surface area contributed by atoms with Gasteiger partial charge in [-0.2, -0.15) is 8.42 Å². The highest BCUT2D eigenvalue weighted by Gasteiger charge is 2.11. The Labute approximate surface area is 96.9 Å². The van der Waals surface area contributed by atoms with Gasteiger partial charge in [0, 0.05) is 5.92 Å². The standard InChI is InChI=1S/C12H16O3S/c1-3-7-12(10-15-16(2,13)14)11-8-5-4-6-9-11/h3-9,12H,10H2,1-2H3/b7-3+/t12-/m1/s1. The van der Waals surface area contributed by atoms with E-state index in [0.717, 1.165) is 11.8 Å². The van der Waals surface area contributed by atoms with E-state index in [2.05, 4.69) is 0 Å². The van der Waals surface area contributed by atoms with Gasteiger partial charge in [-0.1, -0.05) is 42.5 Å². The first kappa shape index (κ1) is 12.9. The van der Waals surface area contributed by atoms with Crippen molar-refractivity contribution in [2.75, 3.05) is 12.9 Å². The molecule has 0 heterocycles. The molecule has 3 nitrogen and oxygen atoms in total. The summed E-state index contributed by atoms with van der Waals surface area (Å²) >= 11 is 0. The molecule has 0 saturated heterocycles. The molecule has 0 aliphatic carbocycles. The Hall–Kier alpha value is -1.13. The van der Waals surface area contributed by atoms with Gasteiger partial charge in [0.25, 0.3) is 10.1 Å². The zero-order chi connectivity index (χ0) is 12.0. The molecular weight excluding hydrogens is 224 g/mol. The molecule has 1 aromatic rings. The van der Waals surface area contributed by atoms with Crippen LogP contribution >= 0.6 is 0 Å². The Morgan fingerprint density at radius 1 is 1.31 bits per heavy atom. The monoisotopic (exact) mass is 240 g/mol. The summed E-state index contributed by atoms with van der Waals surface area (Å²) in [6.07, 6.45) is 4.88. The van der Waals surface area contributed by atoms with E-state index in [0.29, 0.717) is 0 Å². The van der Waals surface area contributed by atoms with Crippen molar-refractivity contribution < 1.29 is 12.6 Å². The molecular formula is C12H16O3S. The molecule has 0 aromatic heterocycles. The first-order valence-electron chi connectivity index (χ1n) is 5.05. The van der Waals surface area contributed by atoms with Gasteiger partial charge in [-0.3, -0.25) is 4.18 Å². The van der Waals surface area contributed by atoms with E-state index in [-0.39, 0.29) is 12.5 Å². The van der Waals surface area contributed by atoms with E-state index in [1.54, 1.807) is 0 Å². The second-order valence-corrected chi connectivity index (χ2v) is 5.18. The largest absolute Gasteiger partial charge is 0.269 e. The molecule has 0 fully saturated rings. The minimum absolute atomic E-state index is 0.0269. The maximum atomic E-state index is 10.9. The van der Waals surface area contributed by atoms with Crippen molar-refractivity contribution in [3.05, 3.63) is 48.0 Å². The van der Waals surface area contributed by atoms with Crippen molar-refractivity contribution in [1.29, 1.82) is 0 Å². The van der Waals surface area contributed by atoms with Crippen molar-refractivity contribution in [1.82, 2.24) is 0 Å². The van der Waals surface area contributed by atoms with Crippen molar-refractivity contribution in [2.24, 2.45) is 0 Å². The minimum atomic E-state index is -3.38. The Morgan fingerprint density at radius 3 is 2.44 bits per heavy atom. The van der Waals surface area contributed by atoms with Crippen LogP contribution in [-0.2, 0) is 14.3 Å². The zero-order valence-corrected chi connectivity index (χ0v) is 10.3. The van der Waals surface area contributed by atoms with Crippen LogP contribution in [0.4, 0.5) is 0 Å². The van der Waals surface area contributed by atoms with Crippen LogP contribution in [0.2, 0.25) is 0 Å². The van der Waals surface area contributed by atoms with Crippen LogP contribution < -0.4 is 0 Å². The number of allylic oxidation sites excluding steroid dienone is 1. The normalized spacial score (nSPS) is 14.1. The molecule has 1 aromatic carbocycles. The summed E-state index contributed by atoms with van der Waals surface area (Å²) in [6.45, 7) is 2.05. The molecule has 0 aliphatic rings. The summed E-state index contributed by atoms with van der Waals surface area (Å²) in [4.78, 5) is 0. The smallest absolute Gasteiger partial charge is 0.264 e. The lowest BCUT2D eigenvalue weighted by molar-refractivity contribution is 0.311. The van der Waals surface area contributed by atoms with Crippen molar-refractivity contribution >= 4 is 10.1 Å². The first-order valence-corrected chi connectivity index (χ1v) is 6.87. The van der Waals surface area contributed by atoms with Gasteiger partial charge in [0.1, 0.15) is 0 Å². The number of hydrogen-bond acceptors (Lipinski definition) is 3. The van der Waals surface area contributed by atoms with Gasteiger partial charge >= 0.3 is 0 Å². The third-order valence-corrected chi connectivity index (χ3v) is 2.68. The van der Waals surface area contributed by atoms with Gasteiger partial charge in [-0.15, -0.1) is 0 Å². The van der Waals surface area contributed by atoms with Crippen LogP contribution in [0.25, 0.3) is 0 Å². The van der Waals surface area contributed by atoms with E-state index >= 15 is 0 Å². The molecule has 0 radical (unpaired) electrons. The van der Waals surface area contributed by atoms with Crippen molar-refractivity contribution in [3.8, 4) is 0 Å². The predicted octanol–water partition coefficient (Wildman–Crippen LogP) is 2.32. The molecule has 0 N–H and O–H groups in total. The molecule has 4 heteroatoms. The van der Waals surface area contributed by atoms with Gasteiger partial charge in [0.05, 0.1) is 12.9 Å². The summed E-state index contributed by atoms with van der Waals surface area (Å²) in [5.74, 6) is -0.0269. The SMILES string of the molecule is C/C=C/[C@H](COS(C)(=O)=O)c1ccccc1. The molecule has 1 rings (SSSR count). The predicted molar refractivity (Wildman–Crippen MR) is 64.8 cm³/mol. The quantitative estimate of drug-likeness (QED) is 0.586. The Bertz CT molecular complexity index is 435. The molecule has 88 valence electrons. The fourth-order valence-electron chi connectivity index (χ4n) is 1.39. The second kappa shape index (κ2) is 5.82. The summed E-state index contributed by atoms with van der Waals surface area (Å²) in [5.41, 5.74) is 1.05. The Kier molecular flexibility index (Phi) is 4.71. The van der Waals surface area contributed by atoms with Crippen LogP contribution in [0.1, 0.15) is 18.4 Å². The summed E-state index contributed by atoms with van der Waals surface area (Å²) in [5, 5.41) is 0. The highest BCUT2D eigenvalue weighted by atomic mass is 32.2. The molecule has 0 amide bonds. The lowest BCUT2D eigenvalue weighted by Crippen LogP contribution is -2.10. The van der Waals surface area contributed by atoms with E-state index in [9.17, 15) is 8.42 Å². The average molecular weight is 240 g/mol. The maximum absolute atomic E-state index is 10.9. The van der Waals surface area contributed by atoms with Crippen LogP contribution in [0.3, 0.4) is 0 Å². The fraction of sp³-hybridized carbons (Fsp3) is 0.333. The highest BCUT2D eigenvalue weighted by Crippen LogP contribution is 2.18. The van der Waals surface area contributed by atoms with Gasteiger partial charge < -0.3 is 0 Å². The third kappa shape index (κ3) is 4.59. The maximum Gasteiger partial charge on any atom is 0.264 e. The topological polar surface area (TPSA) is 43.4 Å². The minimum Gasteiger partial charge on any atom is -0.269 e. The summed E-state index contributed by atoms with van der Waals surface area (Å²) in [7, 11) is -3.38. The van der Waals surface area contributed by atoms with E-state index in [1.165, 1.54) is 0 Å². The Balaban J connectivity index is 2.77. The lowest BCUT2D eigenvalue weighted by atomic mass is 10.00. The Morgan fingerprint density at radius 2 is 1.94 bits per heavy atom. The van der Waals surface area contributed by atoms with Crippen LogP contribution in [0, 0.1) is 0 Å². The molecule has 0 aliphatic heterocycles. The number of hydrogen-bond donors (Lipinski definition) is 0. The lowest BCUT2D eigenvalue weighted by Gasteiger charge is -2.12. The fourth-order valence-corrected chi connectivity index (χ4v) is 1.79. The zero-order valence-electron chi connectivity index (χ0n) is 9.46. The summed E-state index contributed by atoms with van der Waals surface area (Å²) < 4.78 is 26.7. The van der Waals surface area contributed by atoms with Gasteiger partial charge in [0.2, 0.25) is 0 Å². The molecule has 0 unspecified atom stereocenters.